The molecule has 1 atom stereocenters. The van der Waals surface area contributed by atoms with E-state index in [0.717, 1.165) is 24.1 Å². The first-order valence-electron chi connectivity index (χ1n) is 8.49. The third-order valence-electron chi connectivity index (χ3n) is 4.29. The van der Waals surface area contributed by atoms with Crippen LogP contribution in [0.25, 0.3) is 0 Å². The van der Waals surface area contributed by atoms with E-state index >= 15 is 0 Å². The SMILES string of the molecule is Cc1ccc(OC2CCCN(C(=O)Cc3ccc([N+](=O)[O-])cc3)C2)nn1. The van der Waals surface area contributed by atoms with Crippen molar-refractivity contribution in [1.29, 1.82) is 0 Å². The molecule has 8 heteroatoms. The number of nitrogens with zero attached hydrogens (tertiary/aromatic N) is 4. The molecule has 0 N–H and O–H groups in total. The van der Waals surface area contributed by atoms with E-state index in [1.807, 2.05) is 13.0 Å². The molecular weight excluding hydrogens is 336 g/mol. The molecule has 3 rings (SSSR count). The second-order valence-electron chi connectivity index (χ2n) is 6.34. The van der Waals surface area contributed by atoms with Gasteiger partial charge in [0.05, 0.1) is 23.6 Å². The molecule has 136 valence electrons. The molecule has 2 heterocycles. The minimum absolute atomic E-state index is 0.0119. The number of aryl methyl sites for hydroxylation is 1. The van der Waals surface area contributed by atoms with Crippen LogP contribution in [0.3, 0.4) is 0 Å². The molecule has 1 fully saturated rings. The second kappa shape index (κ2) is 7.90. The molecule has 1 aliphatic rings. The zero-order valence-corrected chi connectivity index (χ0v) is 14.5. The van der Waals surface area contributed by atoms with E-state index in [1.165, 1.54) is 12.1 Å². The molecule has 1 saturated heterocycles. The van der Waals surface area contributed by atoms with Crippen LogP contribution in [0.1, 0.15) is 24.1 Å². The quantitative estimate of drug-likeness (QED) is 0.602. The van der Waals surface area contributed by atoms with Crippen molar-refractivity contribution in [2.75, 3.05) is 13.1 Å². The summed E-state index contributed by atoms with van der Waals surface area (Å²) in [5, 5.41) is 18.7. The van der Waals surface area contributed by atoms with E-state index in [0.29, 0.717) is 19.0 Å². The van der Waals surface area contributed by atoms with Gasteiger partial charge in [0.1, 0.15) is 6.10 Å². The normalized spacial score (nSPS) is 17.0. The van der Waals surface area contributed by atoms with Crippen molar-refractivity contribution in [2.45, 2.75) is 32.3 Å². The Morgan fingerprint density at radius 2 is 2.04 bits per heavy atom. The number of rotatable bonds is 5. The molecule has 0 radical (unpaired) electrons. The molecule has 1 unspecified atom stereocenters. The summed E-state index contributed by atoms with van der Waals surface area (Å²) in [6.45, 7) is 3.04. The van der Waals surface area contributed by atoms with Crippen molar-refractivity contribution in [1.82, 2.24) is 15.1 Å². The fourth-order valence-corrected chi connectivity index (χ4v) is 2.90. The highest BCUT2D eigenvalue weighted by atomic mass is 16.6. The summed E-state index contributed by atoms with van der Waals surface area (Å²) in [5.41, 5.74) is 1.60. The lowest BCUT2D eigenvalue weighted by molar-refractivity contribution is -0.384. The number of non-ortho nitro benzene ring substituents is 1. The summed E-state index contributed by atoms with van der Waals surface area (Å²) in [4.78, 5) is 24.6. The number of hydrogen-bond donors (Lipinski definition) is 0. The number of carbonyl (C=O) groups excluding carboxylic acids is 1. The van der Waals surface area contributed by atoms with Gasteiger partial charge in [0, 0.05) is 24.7 Å². The predicted octanol–water partition coefficient (Wildman–Crippen LogP) is 2.31. The van der Waals surface area contributed by atoms with Gasteiger partial charge >= 0.3 is 0 Å². The molecular formula is C18H20N4O4. The topological polar surface area (TPSA) is 98.5 Å². The lowest BCUT2D eigenvalue weighted by atomic mass is 10.1. The third kappa shape index (κ3) is 4.53. The first-order valence-corrected chi connectivity index (χ1v) is 8.49. The fourth-order valence-electron chi connectivity index (χ4n) is 2.90. The van der Waals surface area contributed by atoms with Gasteiger partial charge in [0.15, 0.2) is 0 Å². The van der Waals surface area contributed by atoms with Crippen molar-refractivity contribution >= 4 is 11.6 Å². The predicted molar refractivity (Wildman–Crippen MR) is 93.8 cm³/mol. The number of nitro groups is 1. The molecule has 2 aromatic rings. The maximum Gasteiger partial charge on any atom is 0.269 e. The first kappa shape index (κ1) is 17.8. The Bertz CT molecular complexity index is 777. The zero-order valence-electron chi connectivity index (χ0n) is 14.5. The monoisotopic (exact) mass is 356 g/mol. The molecule has 0 bridgehead atoms. The van der Waals surface area contributed by atoms with E-state index in [-0.39, 0.29) is 24.1 Å². The summed E-state index contributed by atoms with van der Waals surface area (Å²) >= 11 is 0. The van der Waals surface area contributed by atoms with Crippen LogP contribution in [-0.2, 0) is 11.2 Å². The van der Waals surface area contributed by atoms with Crippen molar-refractivity contribution in [3.05, 3.63) is 57.8 Å². The van der Waals surface area contributed by atoms with Gasteiger partial charge in [-0.2, -0.15) is 5.10 Å². The molecule has 26 heavy (non-hydrogen) atoms. The molecule has 8 nitrogen and oxygen atoms in total. The standard InChI is InChI=1S/C18H20N4O4/c1-13-4-9-17(20-19-13)26-16-3-2-10-21(12-16)18(23)11-14-5-7-15(8-6-14)22(24)25/h4-9,16H,2-3,10-12H2,1H3. The van der Waals surface area contributed by atoms with Crippen LogP contribution in [0, 0.1) is 17.0 Å². The second-order valence-corrected chi connectivity index (χ2v) is 6.34. The Morgan fingerprint density at radius 3 is 2.69 bits per heavy atom. The van der Waals surface area contributed by atoms with Crippen LogP contribution in [0.2, 0.25) is 0 Å². The van der Waals surface area contributed by atoms with E-state index < -0.39 is 4.92 Å². The Balaban J connectivity index is 1.57. The summed E-state index contributed by atoms with van der Waals surface area (Å²) in [5.74, 6) is 0.451. The fraction of sp³-hybridized carbons (Fsp3) is 0.389. The number of hydrogen-bond acceptors (Lipinski definition) is 6. The summed E-state index contributed by atoms with van der Waals surface area (Å²) in [6, 6.07) is 9.69. The molecule has 1 aromatic heterocycles. The van der Waals surface area contributed by atoms with Crippen LogP contribution < -0.4 is 4.74 Å². The van der Waals surface area contributed by atoms with E-state index in [1.54, 1.807) is 23.1 Å². The lowest BCUT2D eigenvalue weighted by Crippen LogP contribution is -2.45. The number of likely N-dealkylation sites (tertiary alicyclic amines) is 1. The molecule has 0 spiro atoms. The number of carbonyl (C=O) groups is 1. The average molecular weight is 356 g/mol. The lowest BCUT2D eigenvalue weighted by Gasteiger charge is -2.32. The maximum atomic E-state index is 12.5. The van der Waals surface area contributed by atoms with E-state index in [4.69, 9.17) is 4.74 Å². The molecule has 1 aliphatic heterocycles. The summed E-state index contributed by atoms with van der Waals surface area (Å²) in [7, 11) is 0. The van der Waals surface area contributed by atoms with Crippen molar-refractivity contribution in [2.24, 2.45) is 0 Å². The van der Waals surface area contributed by atoms with Gasteiger partial charge in [0.25, 0.3) is 5.69 Å². The minimum atomic E-state index is -0.452. The summed E-state index contributed by atoms with van der Waals surface area (Å²) in [6.07, 6.45) is 1.82. The molecule has 0 saturated carbocycles. The largest absolute Gasteiger partial charge is 0.471 e. The van der Waals surface area contributed by atoms with Gasteiger partial charge in [0.2, 0.25) is 11.8 Å². The van der Waals surface area contributed by atoms with Gasteiger partial charge in [-0.3, -0.25) is 14.9 Å². The Hall–Kier alpha value is -3.03. The third-order valence-corrected chi connectivity index (χ3v) is 4.29. The van der Waals surface area contributed by atoms with Crippen LogP contribution in [0.15, 0.2) is 36.4 Å². The number of piperidine rings is 1. The van der Waals surface area contributed by atoms with Gasteiger partial charge in [-0.15, -0.1) is 5.10 Å². The van der Waals surface area contributed by atoms with Crippen LogP contribution in [0.5, 0.6) is 5.88 Å². The first-order chi connectivity index (χ1) is 12.5. The summed E-state index contributed by atoms with van der Waals surface area (Å²) < 4.78 is 5.84. The highest BCUT2D eigenvalue weighted by Crippen LogP contribution is 2.18. The van der Waals surface area contributed by atoms with Gasteiger partial charge < -0.3 is 9.64 Å². The number of amides is 1. The molecule has 1 amide bonds. The van der Waals surface area contributed by atoms with Crippen molar-refractivity contribution in [3.8, 4) is 5.88 Å². The highest BCUT2D eigenvalue weighted by molar-refractivity contribution is 5.79. The van der Waals surface area contributed by atoms with Gasteiger partial charge in [-0.1, -0.05) is 12.1 Å². The Kier molecular flexibility index (Phi) is 5.40. The Morgan fingerprint density at radius 1 is 1.27 bits per heavy atom. The van der Waals surface area contributed by atoms with Crippen molar-refractivity contribution in [3.63, 3.8) is 0 Å². The number of benzene rings is 1. The molecule has 0 aliphatic carbocycles. The van der Waals surface area contributed by atoms with E-state index in [9.17, 15) is 14.9 Å². The minimum Gasteiger partial charge on any atom is -0.471 e. The average Bonchev–Trinajstić information content (AvgIpc) is 2.64. The van der Waals surface area contributed by atoms with Crippen LogP contribution in [0.4, 0.5) is 5.69 Å². The maximum absolute atomic E-state index is 12.5. The number of nitro benzene ring substituents is 1. The van der Waals surface area contributed by atoms with Crippen LogP contribution >= 0.6 is 0 Å². The number of ether oxygens (including phenoxy) is 1. The zero-order chi connectivity index (χ0) is 18.5. The van der Waals surface area contributed by atoms with Gasteiger partial charge in [-0.05, 0) is 31.4 Å². The van der Waals surface area contributed by atoms with Gasteiger partial charge in [-0.25, -0.2) is 0 Å². The highest BCUT2D eigenvalue weighted by Gasteiger charge is 2.25. The van der Waals surface area contributed by atoms with Crippen LogP contribution in [-0.4, -0.2) is 45.1 Å². The van der Waals surface area contributed by atoms with Crippen molar-refractivity contribution < 1.29 is 14.5 Å². The Labute approximate surface area is 150 Å². The molecule has 1 aromatic carbocycles. The smallest absolute Gasteiger partial charge is 0.269 e. The van der Waals surface area contributed by atoms with E-state index in [2.05, 4.69) is 10.2 Å². The number of aromatic nitrogens is 2.